The minimum absolute atomic E-state index is 0.118. The van der Waals surface area contributed by atoms with Gasteiger partial charge in [0.15, 0.2) is 0 Å². The number of aliphatic hydroxyl groups excluding tert-OH is 1. The fourth-order valence-corrected chi connectivity index (χ4v) is 1.39. The molecule has 0 radical (unpaired) electrons. The summed E-state index contributed by atoms with van der Waals surface area (Å²) >= 11 is 0. The van der Waals surface area contributed by atoms with E-state index in [1.807, 2.05) is 43.3 Å². The van der Waals surface area contributed by atoms with E-state index in [1.54, 1.807) is 12.2 Å². The number of carbonyl (C=O) groups excluding carboxylic acids is 1. The first-order chi connectivity index (χ1) is 8.27. The Morgan fingerprint density at radius 2 is 2.06 bits per heavy atom. The number of carbonyl (C=O) groups is 1. The van der Waals surface area contributed by atoms with E-state index in [2.05, 4.69) is 5.32 Å². The highest BCUT2D eigenvalue weighted by Gasteiger charge is 2.10. The van der Waals surface area contributed by atoms with Crippen molar-refractivity contribution in [3.8, 4) is 0 Å². The lowest BCUT2D eigenvalue weighted by molar-refractivity contribution is -0.117. The van der Waals surface area contributed by atoms with Gasteiger partial charge in [0.05, 0.1) is 12.6 Å². The molecule has 1 rings (SSSR count). The van der Waals surface area contributed by atoms with Crippen LogP contribution < -0.4 is 5.32 Å². The van der Waals surface area contributed by atoms with E-state index in [0.717, 1.165) is 5.56 Å². The number of hydrogen-bond donors (Lipinski definition) is 2. The van der Waals surface area contributed by atoms with Gasteiger partial charge in [0.2, 0.25) is 5.91 Å². The molecule has 1 aromatic rings. The van der Waals surface area contributed by atoms with Crippen molar-refractivity contribution >= 4 is 5.91 Å². The van der Waals surface area contributed by atoms with E-state index in [0.29, 0.717) is 0 Å². The van der Waals surface area contributed by atoms with Gasteiger partial charge in [0, 0.05) is 6.08 Å². The minimum Gasteiger partial charge on any atom is -0.394 e. The Morgan fingerprint density at radius 1 is 1.35 bits per heavy atom. The molecule has 17 heavy (non-hydrogen) atoms. The number of allylic oxidation sites excluding steroid dienone is 3. The van der Waals surface area contributed by atoms with Gasteiger partial charge < -0.3 is 10.4 Å². The van der Waals surface area contributed by atoms with Gasteiger partial charge in [-0.15, -0.1) is 0 Å². The summed E-state index contributed by atoms with van der Waals surface area (Å²) in [5, 5.41) is 12.0. The summed E-state index contributed by atoms with van der Waals surface area (Å²) in [5.74, 6) is -0.217. The summed E-state index contributed by atoms with van der Waals surface area (Å²) in [6.45, 7) is 1.76. The molecule has 1 amide bonds. The lowest BCUT2D eigenvalue weighted by Gasteiger charge is -2.15. The molecule has 0 fully saturated rings. The van der Waals surface area contributed by atoms with E-state index in [1.165, 1.54) is 6.08 Å². The molecular weight excluding hydrogens is 214 g/mol. The molecule has 2 N–H and O–H groups in total. The van der Waals surface area contributed by atoms with Crippen LogP contribution in [0.15, 0.2) is 54.6 Å². The predicted molar refractivity (Wildman–Crippen MR) is 68.4 cm³/mol. The molecule has 0 aromatic heterocycles. The molecule has 0 saturated heterocycles. The molecule has 3 heteroatoms. The Kier molecular flexibility index (Phi) is 5.75. The summed E-state index contributed by atoms with van der Waals surface area (Å²) in [7, 11) is 0. The Morgan fingerprint density at radius 3 is 2.65 bits per heavy atom. The van der Waals surface area contributed by atoms with Gasteiger partial charge in [-0.2, -0.15) is 0 Å². The van der Waals surface area contributed by atoms with Crippen LogP contribution in [0, 0.1) is 0 Å². The largest absolute Gasteiger partial charge is 0.394 e. The summed E-state index contributed by atoms with van der Waals surface area (Å²) in [5.41, 5.74) is 0.891. The monoisotopic (exact) mass is 231 g/mol. The second-order valence-corrected chi connectivity index (χ2v) is 3.54. The van der Waals surface area contributed by atoms with Crippen LogP contribution in [0.4, 0.5) is 0 Å². The molecule has 0 aliphatic heterocycles. The molecule has 0 aliphatic carbocycles. The highest BCUT2D eigenvalue weighted by atomic mass is 16.3. The summed E-state index contributed by atoms with van der Waals surface area (Å²) < 4.78 is 0. The number of aliphatic hydroxyl groups is 1. The number of rotatable bonds is 5. The Balaban J connectivity index is 2.62. The van der Waals surface area contributed by atoms with Crippen molar-refractivity contribution in [2.75, 3.05) is 6.61 Å². The standard InChI is InChI=1S/C14H17NO2/c1-2-3-5-10-14(17)15-13(11-16)12-8-6-4-7-9-12/h2-10,13,16H,11H2,1H3,(H,15,17)/t13-/m0/s1. The van der Waals surface area contributed by atoms with E-state index >= 15 is 0 Å². The maximum Gasteiger partial charge on any atom is 0.244 e. The molecule has 0 heterocycles. The maximum atomic E-state index is 11.5. The number of nitrogens with one attached hydrogen (secondary N) is 1. The minimum atomic E-state index is -0.362. The molecule has 1 atom stereocenters. The second kappa shape index (κ2) is 7.41. The lowest BCUT2D eigenvalue weighted by atomic mass is 10.1. The van der Waals surface area contributed by atoms with Gasteiger partial charge in [0.1, 0.15) is 0 Å². The van der Waals surface area contributed by atoms with Crippen molar-refractivity contribution in [3.05, 3.63) is 60.2 Å². The zero-order chi connectivity index (χ0) is 12.5. The first-order valence-electron chi connectivity index (χ1n) is 5.53. The molecule has 3 nitrogen and oxygen atoms in total. The Hall–Kier alpha value is -1.87. The Bertz CT molecular complexity index is 396. The fraction of sp³-hybridized carbons (Fsp3) is 0.214. The first-order valence-corrected chi connectivity index (χ1v) is 5.53. The molecule has 0 unspecified atom stereocenters. The van der Waals surface area contributed by atoms with Crippen molar-refractivity contribution in [2.24, 2.45) is 0 Å². The summed E-state index contributed by atoms with van der Waals surface area (Å²) in [6.07, 6.45) is 6.71. The third kappa shape index (κ3) is 4.66. The smallest absolute Gasteiger partial charge is 0.244 e. The molecule has 0 saturated carbocycles. The van der Waals surface area contributed by atoms with E-state index in [9.17, 15) is 9.90 Å². The third-order valence-electron chi connectivity index (χ3n) is 2.25. The van der Waals surface area contributed by atoms with Gasteiger partial charge in [-0.1, -0.05) is 48.6 Å². The number of hydrogen-bond acceptors (Lipinski definition) is 2. The fourth-order valence-electron chi connectivity index (χ4n) is 1.39. The van der Waals surface area contributed by atoms with Crippen LogP contribution >= 0.6 is 0 Å². The van der Waals surface area contributed by atoms with Gasteiger partial charge in [-0.25, -0.2) is 0 Å². The zero-order valence-corrected chi connectivity index (χ0v) is 9.84. The Labute approximate surface area is 101 Å². The van der Waals surface area contributed by atoms with Crippen LogP contribution in [0.2, 0.25) is 0 Å². The highest BCUT2D eigenvalue weighted by Crippen LogP contribution is 2.11. The lowest BCUT2D eigenvalue weighted by Crippen LogP contribution is -2.29. The SMILES string of the molecule is CC=CC=CC(=O)N[C@@H](CO)c1ccccc1. The van der Waals surface area contributed by atoms with Gasteiger partial charge in [0.25, 0.3) is 0 Å². The van der Waals surface area contributed by atoms with Crippen molar-refractivity contribution in [1.82, 2.24) is 5.32 Å². The molecule has 0 spiro atoms. The van der Waals surface area contributed by atoms with Crippen LogP contribution in [0.5, 0.6) is 0 Å². The normalized spacial score (nSPS) is 13.1. The molecule has 1 aromatic carbocycles. The summed E-state index contributed by atoms with van der Waals surface area (Å²) in [4.78, 5) is 11.5. The number of amides is 1. The van der Waals surface area contributed by atoms with Crippen LogP contribution in [0.1, 0.15) is 18.5 Å². The zero-order valence-electron chi connectivity index (χ0n) is 9.84. The average Bonchev–Trinajstić information content (AvgIpc) is 2.37. The molecule has 0 aliphatic rings. The highest BCUT2D eigenvalue weighted by molar-refractivity contribution is 5.88. The second-order valence-electron chi connectivity index (χ2n) is 3.54. The molecule has 90 valence electrons. The predicted octanol–water partition coefficient (Wildman–Crippen LogP) is 1.97. The van der Waals surface area contributed by atoms with E-state index in [-0.39, 0.29) is 18.6 Å². The van der Waals surface area contributed by atoms with Crippen LogP contribution in [-0.2, 0) is 4.79 Å². The summed E-state index contributed by atoms with van der Waals surface area (Å²) in [6, 6.07) is 9.03. The van der Waals surface area contributed by atoms with Crippen molar-refractivity contribution < 1.29 is 9.90 Å². The first kappa shape index (κ1) is 13.2. The van der Waals surface area contributed by atoms with Crippen molar-refractivity contribution in [3.63, 3.8) is 0 Å². The van der Waals surface area contributed by atoms with Gasteiger partial charge in [-0.3, -0.25) is 4.79 Å². The van der Waals surface area contributed by atoms with E-state index < -0.39 is 0 Å². The van der Waals surface area contributed by atoms with Crippen LogP contribution in [-0.4, -0.2) is 17.6 Å². The van der Waals surface area contributed by atoms with Crippen molar-refractivity contribution in [2.45, 2.75) is 13.0 Å². The van der Waals surface area contributed by atoms with Gasteiger partial charge in [-0.05, 0) is 12.5 Å². The maximum absolute atomic E-state index is 11.5. The van der Waals surface area contributed by atoms with Gasteiger partial charge >= 0.3 is 0 Å². The third-order valence-corrected chi connectivity index (χ3v) is 2.25. The topological polar surface area (TPSA) is 49.3 Å². The van der Waals surface area contributed by atoms with Crippen LogP contribution in [0.3, 0.4) is 0 Å². The van der Waals surface area contributed by atoms with Crippen LogP contribution in [0.25, 0.3) is 0 Å². The quantitative estimate of drug-likeness (QED) is 0.601. The van der Waals surface area contributed by atoms with Crippen molar-refractivity contribution in [1.29, 1.82) is 0 Å². The molecule has 0 bridgehead atoms. The van der Waals surface area contributed by atoms with E-state index in [4.69, 9.17) is 0 Å². The molecular formula is C14H17NO2. The average molecular weight is 231 g/mol. The number of benzene rings is 1.